The predicted molar refractivity (Wildman–Crippen MR) is 78.7 cm³/mol. The van der Waals surface area contributed by atoms with Crippen molar-refractivity contribution in [3.8, 4) is 0 Å². The van der Waals surface area contributed by atoms with Gasteiger partial charge in [0.2, 0.25) is 5.91 Å². The third-order valence-corrected chi connectivity index (χ3v) is 3.33. The number of nitrogens with zero attached hydrogens (tertiary/aromatic N) is 2. The van der Waals surface area contributed by atoms with Crippen LogP contribution in [-0.4, -0.2) is 27.3 Å². The largest absolute Gasteiger partial charge is 0.344 e. The fraction of sp³-hybridized carbons (Fsp3) is 0.500. The van der Waals surface area contributed by atoms with E-state index in [4.69, 9.17) is 0 Å². The van der Waals surface area contributed by atoms with E-state index in [1.54, 1.807) is 0 Å². The van der Waals surface area contributed by atoms with Gasteiger partial charge in [-0.1, -0.05) is 13.8 Å². The summed E-state index contributed by atoms with van der Waals surface area (Å²) in [4.78, 5) is 38.8. The van der Waals surface area contributed by atoms with Gasteiger partial charge in [0.15, 0.2) is 5.78 Å². The summed E-state index contributed by atoms with van der Waals surface area (Å²) >= 11 is 1.86. The molecule has 0 bridgehead atoms. The monoisotopic (exact) mass is 377 g/mol. The molecule has 104 valence electrons. The molecule has 1 aromatic rings. The lowest BCUT2D eigenvalue weighted by Crippen LogP contribution is -2.45. The summed E-state index contributed by atoms with van der Waals surface area (Å²) in [5, 5.41) is 2.63. The van der Waals surface area contributed by atoms with E-state index in [1.807, 2.05) is 36.4 Å². The fourth-order valence-corrected chi connectivity index (χ4v) is 2.12. The number of amides is 1. The SMILES string of the molecule is CC(=O)C(NC(=O)Cn1cncc(I)c1=O)C(C)C. The normalized spacial score (nSPS) is 12.3. The molecule has 0 radical (unpaired) electrons. The summed E-state index contributed by atoms with van der Waals surface area (Å²) < 4.78 is 1.66. The number of hydrogen-bond donors (Lipinski definition) is 1. The number of rotatable bonds is 5. The minimum atomic E-state index is -0.529. The van der Waals surface area contributed by atoms with Crippen LogP contribution in [0, 0.1) is 9.49 Å². The number of carbonyl (C=O) groups excluding carboxylic acids is 2. The van der Waals surface area contributed by atoms with Crippen molar-refractivity contribution in [2.75, 3.05) is 0 Å². The molecular formula is C12H16IN3O3. The first-order valence-corrected chi connectivity index (χ1v) is 6.90. The maximum Gasteiger partial charge on any atom is 0.267 e. The van der Waals surface area contributed by atoms with E-state index in [2.05, 4.69) is 10.3 Å². The Morgan fingerprint density at radius 2 is 2.11 bits per heavy atom. The van der Waals surface area contributed by atoms with Crippen LogP contribution in [-0.2, 0) is 16.1 Å². The molecule has 1 aromatic heterocycles. The van der Waals surface area contributed by atoms with E-state index in [0.717, 1.165) is 0 Å². The number of Topliss-reactive ketones (excluding diaryl/α,β-unsaturated/α-hetero) is 1. The summed E-state index contributed by atoms with van der Waals surface area (Å²) in [5.41, 5.74) is -0.269. The first-order valence-electron chi connectivity index (χ1n) is 5.82. The minimum Gasteiger partial charge on any atom is -0.344 e. The lowest BCUT2D eigenvalue weighted by molar-refractivity contribution is -0.128. The molecule has 1 amide bonds. The van der Waals surface area contributed by atoms with Crippen molar-refractivity contribution in [1.29, 1.82) is 0 Å². The second kappa shape index (κ2) is 6.78. The average Bonchev–Trinajstić information content (AvgIpc) is 2.31. The molecule has 0 fully saturated rings. The quantitative estimate of drug-likeness (QED) is 0.762. The summed E-state index contributed by atoms with van der Waals surface area (Å²) in [7, 11) is 0. The molecule has 0 saturated heterocycles. The van der Waals surface area contributed by atoms with Crippen molar-refractivity contribution in [1.82, 2.24) is 14.9 Å². The maximum atomic E-state index is 11.8. The molecule has 7 heteroatoms. The number of halogens is 1. The van der Waals surface area contributed by atoms with Gasteiger partial charge in [-0.25, -0.2) is 4.98 Å². The Morgan fingerprint density at radius 1 is 1.47 bits per heavy atom. The topological polar surface area (TPSA) is 81.1 Å². The molecular weight excluding hydrogens is 361 g/mol. The highest BCUT2D eigenvalue weighted by Crippen LogP contribution is 2.02. The molecule has 1 N–H and O–H groups in total. The van der Waals surface area contributed by atoms with Gasteiger partial charge < -0.3 is 5.32 Å². The van der Waals surface area contributed by atoms with Crippen LogP contribution >= 0.6 is 22.6 Å². The van der Waals surface area contributed by atoms with Gasteiger partial charge in [0.05, 0.1) is 15.9 Å². The summed E-state index contributed by atoms with van der Waals surface area (Å²) in [6.45, 7) is 5.00. The van der Waals surface area contributed by atoms with Crippen LogP contribution in [0.15, 0.2) is 17.3 Å². The molecule has 19 heavy (non-hydrogen) atoms. The van der Waals surface area contributed by atoms with Crippen molar-refractivity contribution in [3.63, 3.8) is 0 Å². The van der Waals surface area contributed by atoms with Crippen molar-refractivity contribution in [2.24, 2.45) is 5.92 Å². The van der Waals surface area contributed by atoms with E-state index in [-0.39, 0.29) is 29.7 Å². The Balaban J connectivity index is 2.78. The number of ketones is 1. The van der Waals surface area contributed by atoms with E-state index in [1.165, 1.54) is 24.0 Å². The highest BCUT2D eigenvalue weighted by molar-refractivity contribution is 14.1. The molecule has 0 aliphatic rings. The third-order valence-electron chi connectivity index (χ3n) is 2.59. The van der Waals surface area contributed by atoms with Crippen LogP contribution in [0.4, 0.5) is 0 Å². The van der Waals surface area contributed by atoms with E-state index < -0.39 is 6.04 Å². The molecule has 1 rings (SSSR count). The van der Waals surface area contributed by atoms with Crippen LogP contribution in [0.3, 0.4) is 0 Å². The van der Waals surface area contributed by atoms with E-state index in [0.29, 0.717) is 3.57 Å². The van der Waals surface area contributed by atoms with E-state index in [9.17, 15) is 14.4 Å². The smallest absolute Gasteiger partial charge is 0.267 e. The van der Waals surface area contributed by atoms with Gasteiger partial charge in [-0.2, -0.15) is 0 Å². The minimum absolute atomic E-state index is 0.00667. The van der Waals surface area contributed by atoms with Gasteiger partial charge in [0, 0.05) is 6.20 Å². The molecule has 0 saturated carbocycles. The van der Waals surface area contributed by atoms with Crippen LogP contribution in [0.25, 0.3) is 0 Å². The average molecular weight is 377 g/mol. The molecule has 0 aliphatic carbocycles. The van der Waals surface area contributed by atoms with Gasteiger partial charge in [-0.3, -0.25) is 19.0 Å². The Morgan fingerprint density at radius 3 is 2.63 bits per heavy atom. The van der Waals surface area contributed by atoms with Crippen molar-refractivity contribution < 1.29 is 9.59 Å². The second-order valence-corrected chi connectivity index (χ2v) is 5.74. The lowest BCUT2D eigenvalue weighted by atomic mass is 10.0. The Bertz CT molecular complexity index is 539. The van der Waals surface area contributed by atoms with Gasteiger partial charge in [-0.15, -0.1) is 0 Å². The molecule has 0 spiro atoms. The van der Waals surface area contributed by atoms with Crippen molar-refractivity contribution in [2.45, 2.75) is 33.4 Å². The number of nitrogens with one attached hydrogen (secondary N) is 1. The molecule has 1 unspecified atom stereocenters. The summed E-state index contributed by atoms with van der Waals surface area (Å²) in [6, 6.07) is -0.529. The zero-order valence-electron chi connectivity index (χ0n) is 11.0. The fourth-order valence-electron chi connectivity index (χ4n) is 1.65. The Kier molecular flexibility index (Phi) is 5.64. The Labute approximate surface area is 124 Å². The van der Waals surface area contributed by atoms with Crippen LogP contribution in [0.1, 0.15) is 20.8 Å². The maximum absolute atomic E-state index is 11.8. The number of aromatic nitrogens is 2. The third kappa shape index (κ3) is 4.41. The second-order valence-electron chi connectivity index (χ2n) is 4.57. The number of carbonyl (C=O) groups is 2. The van der Waals surface area contributed by atoms with Crippen LogP contribution < -0.4 is 10.9 Å². The van der Waals surface area contributed by atoms with Gasteiger partial charge in [0.1, 0.15) is 6.54 Å². The standard InChI is InChI=1S/C12H16IN3O3/c1-7(2)11(8(3)17)15-10(18)5-16-6-14-4-9(13)12(16)19/h4,6-7,11H,5H2,1-3H3,(H,15,18). The van der Waals surface area contributed by atoms with E-state index >= 15 is 0 Å². The molecule has 6 nitrogen and oxygen atoms in total. The highest BCUT2D eigenvalue weighted by Gasteiger charge is 2.20. The molecule has 0 aliphatic heterocycles. The highest BCUT2D eigenvalue weighted by atomic mass is 127. The molecule has 1 atom stereocenters. The van der Waals surface area contributed by atoms with Gasteiger partial charge >= 0.3 is 0 Å². The number of hydrogen-bond acceptors (Lipinski definition) is 4. The molecule has 1 heterocycles. The zero-order valence-corrected chi connectivity index (χ0v) is 13.2. The predicted octanol–water partition coefficient (Wildman–Crippen LogP) is 0.578. The summed E-state index contributed by atoms with van der Waals surface area (Å²) in [6.07, 6.45) is 2.74. The Hall–Kier alpha value is -1.25. The van der Waals surface area contributed by atoms with Gasteiger partial charge in [-0.05, 0) is 35.4 Å². The van der Waals surface area contributed by atoms with Crippen LogP contribution in [0.2, 0.25) is 0 Å². The van der Waals surface area contributed by atoms with Gasteiger partial charge in [0.25, 0.3) is 5.56 Å². The lowest BCUT2D eigenvalue weighted by Gasteiger charge is -2.19. The van der Waals surface area contributed by atoms with Crippen LogP contribution in [0.5, 0.6) is 0 Å². The van der Waals surface area contributed by atoms with Crippen molar-refractivity contribution >= 4 is 34.3 Å². The summed E-state index contributed by atoms with van der Waals surface area (Å²) in [5.74, 6) is -0.469. The first-order chi connectivity index (χ1) is 8.82. The zero-order chi connectivity index (χ0) is 14.6. The first kappa shape index (κ1) is 15.8. The van der Waals surface area contributed by atoms with Crippen molar-refractivity contribution in [3.05, 3.63) is 26.4 Å². The molecule has 0 aromatic carbocycles.